The zero-order chi connectivity index (χ0) is 17.8. The molecule has 3 aromatic rings. The van der Waals surface area contributed by atoms with E-state index in [9.17, 15) is 14.9 Å². The van der Waals surface area contributed by atoms with Crippen LogP contribution in [0.3, 0.4) is 0 Å². The van der Waals surface area contributed by atoms with Crippen molar-refractivity contribution in [2.75, 3.05) is 0 Å². The van der Waals surface area contributed by atoms with Gasteiger partial charge in [0.25, 0.3) is 0 Å². The van der Waals surface area contributed by atoms with Gasteiger partial charge in [-0.25, -0.2) is 5.43 Å². The number of nitrogens with zero attached hydrogens (tertiary/aromatic N) is 6. The Labute approximate surface area is 140 Å². The highest BCUT2D eigenvalue weighted by molar-refractivity contribution is 5.89. The molecule has 11 heteroatoms. The van der Waals surface area contributed by atoms with Gasteiger partial charge in [-0.1, -0.05) is 23.0 Å². The van der Waals surface area contributed by atoms with Gasteiger partial charge in [0.1, 0.15) is 6.54 Å². The van der Waals surface area contributed by atoms with Crippen molar-refractivity contribution in [3.8, 4) is 0 Å². The van der Waals surface area contributed by atoms with Gasteiger partial charge in [0.15, 0.2) is 0 Å². The molecule has 11 nitrogen and oxygen atoms in total. The Kier molecular flexibility index (Phi) is 4.46. The number of benzene rings is 1. The molecule has 0 aliphatic heterocycles. The van der Waals surface area contributed by atoms with Crippen LogP contribution in [0.1, 0.15) is 12.5 Å². The normalized spacial score (nSPS) is 11.6. The van der Waals surface area contributed by atoms with E-state index in [0.717, 1.165) is 21.3 Å². The van der Waals surface area contributed by atoms with Gasteiger partial charge in [-0.2, -0.15) is 5.10 Å². The third-order valence-corrected chi connectivity index (χ3v) is 3.37. The van der Waals surface area contributed by atoms with E-state index >= 15 is 0 Å². The predicted molar refractivity (Wildman–Crippen MR) is 87.7 cm³/mol. The monoisotopic (exact) mass is 342 g/mol. The summed E-state index contributed by atoms with van der Waals surface area (Å²) in [6, 6.07) is 7.69. The molecule has 0 aliphatic rings. The fourth-order valence-electron chi connectivity index (χ4n) is 2.26. The third kappa shape index (κ3) is 3.83. The van der Waals surface area contributed by atoms with E-state index in [-0.39, 0.29) is 18.9 Å². The summed E-state index contributed by atoms with van der Waals surface area (Å²) in [6.45, 7) is 1.72. The number of hydrogen-bond acceptors (Lipinski definition) is 7. The maximum absolute atomic E-state index is 12.0. The molecule has 0 atom stereocenters. The van der Waals surface area contributed by atoms with Crippen LogP contribution >= 0.6 is 0 Å². The van der Waals surface area contributed by atoms with Gasteiger partial charge in [0.05, 0.1) is 22.3 Å². The van der Waals surface area contributed by atoms with Crippen molar-refractivity contribution in [1.29, 1.82) is 0 Å². The molecule has 0 aliphatic carbocycles. The molecular formula is C14H14N8O3. The number of tetrazole rings is 1. The molecule has 2 heterocycles. The SMILES string of the molecule is C/C(Cn1nnc([N+](=O)[O-])n1)=N\NC(=O)Cc1c[nH]c2ccccc12. The number of aromatic nitrogens is 5. The standard InChI is InChI=1S/C14H14N8O3/c1-9(8-21-19-14(18-20-21)22(24)25)16-17-13(23)6-10-7-15-12-5-3-2-4-11(10)12/h2-5,7,15H,6,8H2,1H3,(H,17,23)/b16-9+. The zero-order valence-electron chi connectivity index (χ0n) is 13.2. The van der Waals surface area contributed by atoms with Crippen molar-refractivity contribution in [3.05, 3.63) is 46.1 Å². The van der Waals surface area contributed by atoms with E-state index < -0.39 is 10.9 Å². The van der Waals surface area contributed by atoms with Gasteiger partial charge in [-0.3, -0.25) is 4.79 Å². The van der Waals surface area contributed by atoms with Crippen molar-refractivity contribution < 1.29 is 9.72 Å². The summed E-state index contributed by atoms with van der Waals surface area (Å²) < 4.78 is 0. The van der Waals surface area contributed by atoms with Crippen LogP contribution in [-0.2, 0) is 17.8 Å². The molecule has 0 fully saturated rings. The predicted octanol–water partition coefficient (Wildman–Crippen LogP) is 0.797. The van der Waals surface area contributed by atoms with Crippen LogP contribution < -0.4 is 5.43 Å². The van der Waals surface area contributed by atoms with Crippen molar-refractivity contribution in [1.82, 2.24) is 30.6 Å². The second-order valence-electron chi connectivity index (χ2n) is 5.30. The van der Waals surface area contributed by atoms with E-state index in [0.29, 0.717) is 5.71 Å². The topological polar surface area (TPSA) is 144 Å². The van der Waals surface area contributed by atoms with Crippen molar-refractivity contribution >= 4 is 28.5 Å². The lowest BCUT2D eigenvalue weighted by Crippen LogP contribution is -2.22. The lowest BCUT2D eigenvalue weighted by Gasteiger charge is -2.01. The minimum Gasteiger partial charge on any atom is -0.390 e. The molecular weight excluding hydrogens is 328 g/mol. The maximum Gasteiger partial charge on any atom is 0.514 e. The van der Waals surface area contributed by atoms with E-state index in [1.54, 1.807) is 13.1 Å². The molecule has 0 saturated heterocycles. The van der Waals surface area contributed by atoms with Crippen LogP contribution in [0.25, 0.3) is 10.9 Å². The molecule has 0 radical (unpaired) electrons. The summed E-state index contributed by atoms with van der Waals surface area (Å²) in [5, 5.41) is 25.8. The molecule has 2 N–H and O–H groups in total. The first-order chi connectivity index (χ1) is 12.0. The first-order valence-corrected chi connectivity index (χ1v) is 7.32. The molecule has 0 bridgehead atoms. The molecule has 3 rings (SSSR count). The van der Waals surface area contributed by atoms with Gasteiger partial charge in [0.2, 0.25) is 5.91 Å². The van der Waals surface area contributed by atoms with Crippen LogP contribution in [0.4, 0.5) is 5.95 Å². The largest absolute Gasteiger partial charge is 0.514 e. The van der Waals surface area contributed by atoms with E-state index in [4.69, 9.17) is 0 Å². The lowest BCUT2D eigenvalue weighted by molar-refractivity contribution is -0.394. The van der Waals surface area contributed by atoms with Crippen LogP contribution in [0.5, 0.6) is 0 Å². The fourth-order valence-corrected chi connectivity index (χ4v) is 2.26. The Bertz CT molecular complexity index is 958. The molecule has 0 unspecified atom stereocenters. The summed E-state index contributed by atoms with van der Waals surface area (Å²) in [5.74, 6) is -0.863. The molecule has 1 aromatic carbocycles. The first kappa shape index (κ1) is 16.2. The number of nitro groups is 1. The highest BCUT2D eigenvalue weighted by Gasteiger charge is 2.15. The Morgan fingerprint density at radius 1 is 1.44 bits per heavy atom. The summed E-state index contributed by atoms with van der Waals surface area (Å²) in [4.78, 5) is 25.9. The Hall–Kier alpha value is -3.63. The van der Waals surface area contributed by atoms with Crippen LogP contribution in [-0.4, -0.2) is 41.7 Å². The summed E-state index contributed by atoms with van der Waals surface area (Å²) in [5.41, 5.74) is 4.75. The Balaban J connectivity index is 1.58. The molecule has 128 valence electrons. The Morgan fingerprint density at radius 2 is 2.24 bits per heavy atom. The molecule has 1 amide bonds. The van der Waals surface area contributed by atoms with Crippen LogP contribution in [0, 0.1) is 10.1 Å². The highest BCUT2D eigenvalue weighted by atomic mass is 16.6. The number of carbonyl (C=O) groups is 1. The second kappa shape index (κ2) is 6.86. The summed E-state index contributed by atoms with van der Waals surface area (Å²) >= 11 is 0. The summed E-state index contributed by atoms with van der Waals surface area (Å²) in [7, 11) is 0. The van der Waals surface area contributed by atoms with E-state index in [2.05, 4.69) is 30.9 Å². The van der Waals surface area contributed by atoms with Crippen molar-refractivity contribution in [2.45, 2.75) is 19.9 Å². The Morgan fingerprint density at radius 3 is 3.00 bits per heavy atom. The average Bonchev–Trinajstić information content (AvgIpc) is 3.21. The second-order valence-corrected chi connectivity index (χ2v) is 5.30. The third-order valence-electron chi connectivity index (χ3n) is 3.37. The van der Waals surface area contributed by atoms with E-state index in [1.165, 1.54) is 0 Å². The number of aromatic amines is 1. The number of amides is 1. The average molecular weight is 342 g/mol. The molecule has 25 heavy (non-hydrogen) atoms. The number of para-hydroxylation sites is 1. The first-order valence-electron chi connectivity index (χ1n) is 7.32. The molecule has 0 saturated carbocycles. The highest BCUT2D eigenvalue weighted by Crippen LogP contribution is 2.17. The van der Waals surface area contributed by atoms with E-state index in [1.807, 2.05) is 24.3 Å². The van der Waals surface area contributed by atoms with Crippen molar-refractivity contribution in [2.24, 2.45) is 5.10 Å². The fraction of sp³-hybridized carbons (Fsp3) is 0.214. The smallest absolute Gasteiger partial charge is 0.390 e. The summed E-state index contributed by atoms with van der Waals surface area (Å²) in [6.07, 6.45) is 1.97. The van der Waals surface area contributed by atoms with Crippen LogP contribution in [0.2, 0.25) is 0 Å². The minimum absolute atomic E-state index is 0.0776. The van der Waals surface area contributed by atoms with Crippen molar-refractivity contribution in [3.63, 3.8) is 0 Å². The number of H-pyrrole nitrogens is 1. The quantitative estimate of drug-likeness (QED) is 0.385. The van der Waals surface area contributed by atoms with Gasteiger partial charge < -0.3 is 15.1 Å². The molecule has 2 aromatic heterocycles. The minimum atomic E-state index is -0.737. The number of hydrazone groups is 1. The van der Waals surface area contributed by atoms with Crippen LogP contribution in [0.15, 0.2) is 35.6 Å². The number of hydrogen-bond donors (Lipinski definition) is 2. The zero-order valence-corrected chi connectivity index (χ0v) is 13.2. The van der Waals surface area contributed by atoms with Gasteiger partial charge in [0, 0.05) is 22.3 Å². The number of nitrogens with one attached hydrogen (secondary N) is 2. The number of rotatable bonds is 6. The lowest BCUT2D eigenvalue weighted by atomic mass is 10.1. The van der Waals surface area contributed by atoms with Gasteiger partial charge in [-0.15, -0.1) is 0 Å². The maximum atomic E-state index is 12.0. The molecule has 0 spiro atoms. The van der Waals surface area contributed by atoms with Gasteiger partial charge >= 0.3 is 5.95 Å². The number of carbonyl (C=O) groups excluding carboxylic acids is 1. The van der Waals surface area contributed by atoms with Gasteiger partial charge in [-0.05, 0) is 23.5 Å². The number of fused-ring (bicyclic) bond motifs is 1.